The number of benzene rings is 2. The van der Waals surface area contributed by atoms with Crippen LogP contribution >= 0.6 is 0 Å². The molecular weight excluding hydrogens is 453 g/mol. The van der Waals surface area contributed by atoms with Crippen LogP contribution in [0.4, 0.5) is 13.2 Å². The van der Waals surface area contributed by atoms with Gasteiger partial charge >= 0.3 is 6.18 Å². The Labute approximate surface area is 204 Å². The van der Waals surface area contributed by atoms with Crippen LogP contribution in [0.2, 0.25) is 0 Å². The Bertz CT molecular complexity index is 1100. The standard InChI is InChI=1S/C28H31F3N2O2/c1-2-14-33-15-13-27(21-6-4-8-25(34)17-21)18-24(11-10-23(27)19-33)32-26(35)12-9-20-5-3-7-22(16-20)28(29,30)31/h2-9,12,16-17,23-24,34H,1,10-11,13-15,18-19H2,(H,32,35). The second kappa shape index (κ2) is 10.3. The number of alkyl halides is 3. The summed E-state index contributed by atoms with van der Waals surface area (Å²) in [7, 11) is 0. The monoisotopic (exact) mass is 484 g/mol. The van der Waals surface area contributed by atoms with Crippen molar-refractivity contribution in [1.29, 1.82) is 0 Å². The number of phenols is 1. The summed E-state index contributed by atoms with van der Waals surface area (Å²) in [5.41, 5.74) is 0.523. The van der Waals surface area contributed by atoms with E-state index < -0.39 is 11.7 Å². The highest BCUT2D eigenvalue weighted by Gasteiger charge is 2.48. The normalized spacial score (nSPS) is 25.2. The molecule has 1 aliphatic carbocycles. The minimum absolute atomic E-state index is 0.0572. The smallest absolute Gasteiger partial charge is 0.416 e. The van der Waals surface area contributed by atoms with Crippen LogP contribution in [0, 0.1) is 5.92 Å². The summed E-state index contributed by atoms with van der Waals surface area (Å²) in [5, 5.41) is 13.2. The van der Waals surface area contributed by atoms with Crippen LogP contribution in [-0.4, -0.2) is 41.6 Å². The second-order valence-corrected chi connectivity index (χ2v) is 9.65. The molecule has 1 heterocycles. The molecule has 1 aliphatic heterocycles. The zero-order valence-corrected chi connectivity index (χ0v) is 19.6. The molecule has 35 heavy (non-hydrogen) atoms. The number of likely N-dealkylation sites (tertiary alicyclic amines) is 1. The van der Waals surface area contributed by atoms with Crippen LogP contribution in [0.3, 0.4) is 0 Å². The summed E-state index contributed by atoms with van der Waals surface area (Å²) >= 11 is 0. The van der Waals surface area contributed by atoms with E-state index in [1.54, 1.807) is 6.07 Å². The molecule has 2 N–H and O–H groups in total. The first-order chi connectivity index (χ1) is 16.7. The van der Waals surface area contributed by atoms with Gasteiger partial charge in [0.15, 0.2) is 0 Å². The Hall–Kier alpha value is -3.06. The molecule has 1 amide bonds. The number of nitrogens with zero attached hydrogens (tertiary/aromatic N) is 1. The predicted octanol–water partition coefficient (Wildman–Crippen LogP) is 5.54. The molecule has 4 nitrogen and oxygen atoms in total. The van der Waals surface area contributed by atoms with Crippen molar-refractivity contribution in [3.63, 3.8) is 0 Å². The molecule has 186 valence electrons. The quantitative estimate of drug-likeness (QED) is 0.418. The SMILES string of the molecule is C=CCN1CCC2(c3cccc(O)c3)CC(NC(=O)C=Cc3cccc(C(F)(F)F)c3)CCC2C1. The molecule has 1 saturated heterocycles. The lowest BCUT2D eigenvalue weighted by molar-refractivity contribution is -0.137. The maximum atomic E-state index is 13.0. The van der Waals surface area contributed by atoms with Crippen molar-refractivity contribution in [3.05, 3.63) is 84.0 Å². The number of hydrogen-bond donors (Lipinski definition) is 2. The van der Waals surface area contributed by atoms with Gasteiger partial charge in [-0.25, -0.2) is 0 Å². The van der Waals surface area contributed by atoms with E-state index in [9.17, 15) is 23.1 Å². The molecule has 2 fully saturated rings. The molecule has 0 radical (unpaired) electrons. The van der Waals surface area contributed by atoms with Crippen molar-refractivity contribution in [2.24, 2.45) is 5.92 Å². The van der Waals surface area contributed by atoms with Crippen LogP contribution in [0.25, 0.3) is 6.08 Å². The molecule has 3 atom stereocenters. The van der Waals surface area contributed by atoms with E-state index in [1.165, 1.54) is 24.3 Å². The van der Waals surface area contributed by atoms with E-state index in [2.05, 4.69) is 22.9 Å². The topological polar surface area (TPSA) is 52.6 Å². The summed E-state index contributed by atoms with van der Waals surface area (Å²) in [6.07, 6.45) is 3.65. The fourth-order valence-electron chi connectivity index (χ4n) is 5.74. The molecular formula is C28H31F3N2O2. The van der Waals surface area contributed by atoms with E-state index >= 15 is 0 Å². The predicted molar refractivity (Wildman–Crippen MR) is 131 cm³/mol. The molecule has 2 aliphatic rings. The molecule has 2 aromatic rings. The van der Waals surface area contributed by atoms with Gasteiger partial charge in [0.25, 0.3) is 0 Å². The number of amides is 1. The first-order valence-corrected chi connectivity index (χ1v) is 12.0. The first-order valence-electron chi connectivity index (χ1n) is 12.0. The summed E-state index contributed by atoms with van der Waals surface area (Å²) < 4.78 is 38.9. The number of piperidine rings is 1. The Balaban J connectivity index is 1.48. The van der Waals surface area contributed by atoms with E-state index in [4.69, 9.17) is 0 Å². The van der Waals surface area contributed by atoms with Gasteiger partial charge in [0, 0.05) is 30.6 Å². The van der Waals surface area contributed by atoms with Gasteiger partial charge in [-0.1, -0.05) is 30.3 Å². The fourth-order valence-corrected chi connectivity index (χ4v) is 5.74. The molecule has 0 bridgehead atoms. The van der Waals surface area contributed by atoms with Crippen molar-refractivity contribution >= 4 is 12.0 Å². The van der Waals surface area contributed by atoms with Crippen LogP contribution in [0.15, 0.2) is 67.3 Å². The van der Waals surface area contributed by atoms with Gasteiger partial charge in [0.05, 0.1) is 5.56 Å². The number of nitrogens with one attached hydrogen (secondary N) is 1. The molecule has 0 aromatic heterocycles. The Kier molecular flexibility index (Phi) is 7.36. The number of carbonyl (C=O) groups is 1. The molecule has 7 heteroatoms. The number of rotatable bonds is 6. The highest BCUT2D eigenvalue weighted by Crippen LogP contribution is 2.49. The van der Waals surface area contributed by atoms with E-state index in [0.717, 1.165) is 63.0 Å². The van der Waals surface area contributed by atoms with E-state index in [0.29, 0.717) is 11.5 Å². The van der Waals surface area contributed by atoms with Gasteiger partial charge in [-0.3, -0.25) is 9.69 Å². The van der Waals surface area contributed by atoms with E-state index in [-0.39, 0.29) is 23.1 Å². The maximum Gasteiger partial charge on any atom is 0.416 e. The highest BCUT2D eigenvalue weighted by molar-refractivity contribution is 5.92. The number of aromatic hydroxyl groups is 1. The lowest BCUT2D eigenvalue weighted by Gasteiger charge is -2.53. The van der Waals surface area contributed by atoms with Crippen LogP contribution in [-0.2, 0) is 16.4 Å². The second-order valence-electron chi connectivity index (χ2n) is 9.65. The number of halogens is 3. The molecule has 2 aromatic carbocycles. The van der Waals surface area contributed by atoms with Crippen molar-refractivity contribution in [2.45, 2.75) is 43.3 Å². The average Bonchev–Trinajstić information content (AvgIpc) is 2.83. The van der Waals surface area contributed by atoms with Crippen molar-refractivity contribution < 1.29 is 23.1 Å². The summed E-state index contributed by atoms with van der Waals surface area (Å²) in [6.45, 7) is 6.56. The molecule has 3 unspecified atom stereocenters. The summed E-state index contributed by atoms with van der Waals surface area (Å²) in [5.74, 6) is 0.312. The van der Waals surface area contributed by atoms with Gasteiger partial charge in [0.2, 0.25) is 5.91 Å². The van der Waals surface area contributed by atoms with Crippen LogP contribution < -0.4 is 5.32 Å². The molecule has 0 spiro atoms. The van der Waals surface area contributed by atoms with Gasteiger partial charge in [-0.05, 0) is 79.6 Å². The third-order valence-corrected chi connectivity index (χ3v) is 7.40. The zero-order chi connectivity index (χ0) is 25.1. The largest absolute Gasteiger partial charge is 0.508 e. The zero-order valence-electron chi connectivity index (χ0n) is 19.6. The number of phenolic OH excluding ortho intramolecular Hbond substituents is 1. The lowest BCUT2D eigenvalue weighted by Crippen LogP contribution is -2.56. The highest BCUT2D eigenvalue weighted by atomic mass is 19.4. The van der Waals surface area contributed by atoms with Crippen molar-refractivity contribution in [2.75, 3.05) is 19.6 Å². The Morgan fingerprint density at radius 2 is 2.00 bits per heavy atom. The van der Waals surface area contributed by atoms with E-state index in [1.807, 2.05) is 18.2 Å². The van der Waals surface area contributed by atoms with Crippen molar-refractivity contribution in [3.8, 4) is 5.75 Å². The minimum atomic E-state index is -4.42. The third kappa shape index (κ3) is 5.78. The lowest BCUT2D eigenvalue weighted by atomic mass is 9.58. The third-order valence-electron chi connectivity index (χ3n) is 7.40. The Morgan fingerprint density at radius 1 is 1.20 bits per heavy atom. The minimum Gasteiger partial charge on any atom is -0.508 e. The average molecular weight is 485 g/mol. The first kappa shape index (κ1) is 25.0. The Morgan fingerprint density at radius 3 is 2.74 bits per heavy atom. The fraction of sp³-hybridized carbons (Fsp3) is 0.393. The number of carbonyl (C=O) groups excluding carboxylic acids is 1. The summed E-state index contributed by atoms with van der Waals surface area (Å²) in [6, 6.07) is 12.3. The van der Waals surface area contributed by atoms with Gasteiger partial charge in [-0.15, -0.1) is 6.58 Å². The number of hydrogen-bond acceptors (Lipinski definition) is 3. The van der Waals surface area contributed by atoms with Crippen LogP contribution in [0.1, 0.15) is 42.4 Å². The van der Waals surface area contributed by atoms with Gasteiger partial charge in [-0.2, -0.15) is 13.2 Å². The number of fused-ring (bicyclic) bond motifs is 1. The summed E-state index contributed by atoms with van der Waals surface area (Å²) in [4.78, 5) is 15.1. The van der Waals surface area contributed by atoms with Crippen LogP contribution in [0.5, 0.6) is 5.75 Å². The van der Waals surface area contributed by atoms with Gasteiger partial charge < -0.3 is 10.4 Å². The van der Waals surface area contributed by atoms with Crippen molar-refractivity contribution in [1.82, 2.24) is 10.2 Å². The molecule has 4 rings (SSSR count). The maximum absolute atomic E-state index is 13.0. The molecule has 1 saturated carbocycles. The van der Waals surface area contributed by atoms with Gasteiger partial charge in [0.1, 0.15) is 5.75 Å².